The summed E-state index contributed by atoms with van der Waals surface area (Å²) in [6, 6.07) is 8.93. The fourth-order valence-electron chi connectivity index (χ4n) is 1.68. The third kappa shape index (κ3) is 2.56. The molecule has 2 aromatic rings. The SMILES string of the molecule is N#Cc1ncccc1Cc1c(N)cc(Cl)cc1Cl. The van der Waals surface area contributed by atoms with Crippen LogP contribution in [0.4, 0.5) is 5.69 Å². The van der Waals surface area contributed by atoms with Gasteiger partial charge in [-0.2, -0.15) is 5.26 Å². The maximum absolute atomic E-state index is 8.98. The second kappa shape index (κ2) is 5.26. The van der Waals surface area contributed by atoms with Crippen molar-refractivity contribution in [1.29, 1.82) is 5.26 Å². The van der Waals surface area contributed by atoms with Gasteiger partial charge in [-0.25, -0.2) is 4.98 Å². The monoisotopic (exact) mass is 277 g/mol. The van der Waals surface area contributed by atoms with E-state index in [1.807, 2.05) is 12.1 Å². The number of anilines is 1. The zero-order valence-corrected chi connectivity index (χ0v) is 10.8. The van der Waals surface area contributed by atoms with Crippen LogP contribution in [-0.2, 0) is 6.42 Å². The second-order valence-electron chi connectivity index (χ2n) is 3.76. The Morgan fingerprint density at radius 2 is 2.11 bits per heavy atom. The predicted octanol–water partition coefficient (Wildman–Crippen LogP) is 3.43. The molecule has 1 aromatic carbocycles. The van der Waals surface area contributed by atoms with Crippen molar-refractivity contribution >= 4 is 28.9 Å². The maximum atomic E-state index is 8.98. The van der Waals surface area contributed by atoms with Crippen LogP contribution in [0.25, 0.3) is 0 Å². The van der Waals surface area contributed by atoms with Crippen LogP contribution in [0.3, 0.4) is 0 Å². The summed E-state index contributed by atoms with van der Waals surface area (Å²) in [5, 5.41) is 9.97. The lowest BCUT2D eigenvalue weighted by atomic mass is 10.0. The standard InChI is InChI=1S/C13H9Cl2N3/c14-9-5-11(15)10(12(17)6-9)4-8-2-1-3-18-13(8)7-16/h1-3,5-6H,4,17H2. The molecule has 1 heterocycles. The van der Waals surface area contributed by atoms with Crippen LogP contribution in [0.15, 0.2) is 30.5 Å². The van der Waals surface area contributed by atoms with Crippen LogP contribution in [0, 0.1) is 11.3 Å². The van der Waals surface area contributed by atoms with Crippen LogP contribution >= 0.6 is 23.2 Å². The minimum Gasteiger partial charge on any atom is -0.398 e. The van der Waals surface area contributed by atoms with Gasteiger partial charge in [0.1, 0.15) is 11.8 Å². The topological polar surface area (TPSA) is 62.7 Å². The molecule has 0 aliphatic rings. The Bertz CT molecular complexity index is 609. The molecule has 2 rings (SSSR count). The molecule has 0 saturated carbocycles. The molecule has 0 radical (unpaired) electrons. The van der Waals surface area contributed by atoms with Crippen molar-refractivity contribution in [3.05, 3.63) is 57.3 Å². The maximum Gasteiger partial charge on any atom is 0.143 e. The minimum absolute atomic E-state index is 0.378. The Morgan fingerprint density at radius 1 is 1.33 bits per heavy atom. The van der Waals surface area contributed by atoms with Crippen molar-refractivity contribution in [2.24, 2.45) is 0 Å². The van der Waals surface area contributed by atoms with Gasteiger partial charge < -0.3 is 5.73 Å². The van der Waals surface area contributed by atoms with E-state index >= 15 is 0 Å². The Labute approximate surface area is 115 Å². The third-order valence-corrected chi connectivity index (χ3v) is 3.11. The van der Waals surface area contributed by atoms with Crippen LogP contribution in [0.5, 0.6) is 0 Å². The van der Waals surface area contributed by atoms with Gasteiger partial charge >= 0.3 is 0 Å². The summed E-state index contributed by atoms with van der Waals surface area (Å²) in [4.78, 5) is 4.00. The van der Waals surface area contributed by atoms with Crippen molar-refractivity contribution in [2.45, 2.75) is 6.42 Å². The molecule has 2 N–H and O–H groups in total. The molecule has 0 fully saturated rings. The number of benzene rings is 1. The van der Waals surface area contributed by atoms with Gasteiger partial charge in [0.25, 0.3) is 0 Å². The summed E-state index contributed by atoms with van der Waals surface area (Å²) in [5.74, 6) is 0. The number of nitriles is 1. The summed E-state index contributed by atoms with van der Waals surface area (Å²) in [6.07, 6.45) is 2.04. The van der Waals surface area contributed by atoms with E-state index in [2.05, 4.69) is 4.98 Å². The van der Waals surface area contributed by atoms with E-state index in [1.165, 1.54) is 0 Å². The Balaban J connectivity index is 2.44. The average molecular weight is 278 g/mol. The summed E-state index contributed by atoms with van der Waals surface area (Å²) < 4.78 is 0. The number of halogens is 2. The largest absolute Gasteiger partial charge is 0.398 e. The fraction of sp³-hybridized carbons (Fsp3) is 0.0769. The van der Waals surface area contributed by atoms with E-state index in [9.17, 15) is 0 Å². The fourth-order valence-corrected chi connectivity index (χ4v) is 2.26. The van der Waals surface area contributed by atoms with E-state index in [1.54, 1.807) is 24.4 Å². The molecule has 18 heavy (non-hydrogen) atoms. The number of nitrogen functional groups attached to an aromatic ring is 1. The van der Waals surface area contributed by atoms with Gasteiger partial charge in [0, 0.05) is 28.4 Å². The molecule has 0 aliphatic carbocycles. The number of pyridine rings is 1. The molecule has 0 aliphatic heterocycles. The molecule has 0 bridgehead atoms. The molecule has 5 heteroatoms. The Hall–Kier alpha value is -1.76. The summed E-state index contributed by atoms with van der Waals surface area (Å²) in [6.45, 7) is 0. The normalized spacial score (nSPS) is 10.1. The molecule has 90 valence electrons. The van der Waals surface area contributed by atoms with E-state index in [0.29, 0.717) is 27.8 Å². The molecular weight excluding hydrogens is 269 g/mol. The van der Waals surface area contributed by atoms with Crippen LogP contribution in [0.1, 0.15) is 16.8 Å². The van der Waals surface area contributed by atoms with Crippen molar-refractivity contribution in [3.63, 3.8) is 0 Å². The van der Waals surface area contributed by atoms with Gasteiger partial charge in [0.2, 0.25) is 0 Å². The highest BCUT2D eigenvalue weighted by Crippen LogP contribution is 2.29. The number of aromatic nitrogens is 1. The summed E-state index contributed by atoms with van der Waals surface area (Å²) in [5.41, 5.74) is 8.32. The van der Waals surface area contributed by atoms with Crippen LogP contribution in [-0.4, -0.2) is 4.98 Å². The Kier molecular flexibility index (Phi) is 3.71. The molecule has 0 saturated heterocycles. The highest BCUT2D eigenvalue weighted by atomic mass is 35.5. The van der Waals surface area contributed by atoms with E-state index in [-0.39, 0.29) is 0 Å². The van der Waals surface area contributed by atoms with E-state index in [4.69, 9.17) is 34.2 Å². The first-order valence-corrected chi connectivity index (χ1v) is 5.95. The number of hydrogen-bond acceptors (Lipinski definition) is 3. The molecule has 0 spiro atoms. The molecule has 0 amide bonds. The molecular formula is C13H9Cl2N3. The molecule has 0 atom stereocenters. The van der Waals surface area contributed by atoms with Crippen molar-refractivity contribution < 1.29 is 0 Å². The van der Waals surface area contributed by atoms with Crippen molar-refractivity contribution in [3.8, 4) is 6.07 Å². The number of nitrogens with two attached hydrogens (primary N) is 1. The Morgan fingerprint density at radius 3 is 2.78 bits per heavy atom. The van der Waals surface area contributed by atoms with Crippen molar-refractivity contribution in [1.82, 2.24) is 4.98 Å². The minimum atomic E-state index is 0.378. The third-order valence-electron chi connectivity index (χ3n) is 2.56. The van der Waals surface area contributed by atoms with Gasteiger partial charge in [-0.05, 0) is 29.3 Å². The first-order valence-electron chi connectivity index (χ1n) is 5.19. The predicted molar refractivity (Wildman–Crippen MR) is 72.6 cm³/mol. The number of nitrogens with zero attached hydrogens (tertiary/aromatic N) is 2. The zero-order chi connectivity index (χ0) is 13.1. The molecule has 1 aromatic heterocycles. The lowest BCUT2D eigenvalue weighted by Crippen LogP contribution is -2.00. The van der Waals surface area contributed by atoms with Crippen LogP contribution in [0.2, 0.25) is 10.0 Å². The van der Waals surface area contributed by atoms with E-state index in [0.717, 1.165) is 11.1 Å². The van der Waals surface area contributed by atoms with Gasteiger partial charge in [-0.15, -0.1) is 0 Å². The molecule has 3 nitrogen and oxygen atoms in total. The van der Waals surface area contributed by atoms with E-state index < -0.39 is 0 Å². The second-order valence-corrected chi connectivity index (χ2v) is 4.60. The summed E-state index contributed by atoms with van der Waals surface area (Å²) >= 11 is 12.0. The van der Waals surface area contributed by atoms with Gasteiger partial charge in [-0.3, -0.25) is 0 Å². The first-order chi connectivity index (χ1) is 8.61. The van der Waals surface area contributed by atoms with Gasteiger partial charge in [0.05, 0.1) is 0 Å². The smallest absolute Gasteiger partial charge is 0.143 e. The molecule has 0 unspecified atom stereocenters. The zero-order valence-electron chi connectivity index (χ0n) is 9.32. The highest BCUT2D eigenvalue weighted by molar-refractivity contribution is 6.35. The highest BCUT2D eigenvalue weighted by Gasteiger charge is 2.10. The first kappa shape index (κ1) is 12.7. The van der Waals surface area contributed by atoms with Crippen LogP contribution < -0.4 is 5.73 Å². The van der Waals surface area contributed by atoms with Gasteiger partial charge in [0.15, 0.2) is 0 Å². The lowest BCUT2D eigenvalue weighted by molar-refractivity contribution is 1.12. The number of hydrogen-bond donors (Lipinski definition) is 1. The summed E-state index contributed by atoms with van der Waals surface area (Å²) in [7, 11) is 0. The average Bonchev–Trinajstić information content (AvgIpc) is 2.34. The van der Waals surface area contributed by atoms with Crippen molar-refractivity contribution in [2.75, 3.05) is 5.73 Å². The lowest BCUT2D eigenvalue weighted by Gasteiger charge is -2.09. The quantitative estimate of drug-likeness (QED) is 0.856. The van der Waals surface area contributed by atoms with Gasteiger partial charge in [-0.1, -0.05) is 29.3 Å². The number of rotatable bonds is 2.